The molecule has 2 aromatic heterocycles. The molecule has 13 nitrogen and oxygen atoms in total. The summed E-state index contributed by atoms with van der Waals surface area (Å²) in [5, 5.41) is 10.9. The highest BCUT2D eigenvalue weighted by Crippen LogP contribution is 2.39. The van der Waals surface area contributed by atoms with Crippen LogP contribution in [0.25, 0.3) is 0 Å². The highest BCUT2D eigenvalue weighted by molar-refractivity contribution is 6.11. The highest BCUT2D eigenvalue weighted by Gasteiger charge is 2.39. The number of hydrogen-bond donors (Lipinski definition) is 1. The van der Waals surface area contributed by atoms with Crippen LogP contribution in [-0.4, -0.2) is 55.0 Å². The lowest BCUT2D eigenvalue weighted by atomic mass is 9.72. The van der Waals surface area contributed by atoms with Gasteiger partial charge in [-0.05, 0) is 33.3 Å². The van der Waals surface area contributed by atoms with Crippen LogP contribution in [0, 0.1) is 5.41 Å². The van der Waals surface area contributed by atoms with Gasteiger partial charge in [0, 0.05) is 66.1 Å². The van der Waals surface area contributed by atoms with Crippen molar-refractivity contribution in [3.8, 4) is 0 Å². The average molecular weight is 576 g/mol. The molecule has 0 saturated heterocycles. The van der Waals surface area contributed by atoms with E-state index in [4.69, 9.17) is 4.74 Å². The Bertz CT molecular complexity index is 1720. The molecule has 5 heterocycles. The molecule has 1 N–H and O–H groups in total. The molecule has 1 amide bonds. The van der Waals surface area contributed by atoms with E-state index in [2.05, 4.69) is 25.5 Å². The molecule has 220 valence electrons. The molecular formula is C29H33N7O6. The Balaban J connectivity index is 0.000000147. The molecule has 0 atom stereocenters. The van der Waals surface area contributed by atoms with E-state index in [9.17, 15) is 24.0 Å². The van der Waals surface area contributed by atoms with Gasteiger partial charge in [-0.15, -0.1) is 0 Å². The Morgan fingerprint density at radius 3 is 2.43 bits per heavy atom. The summed E-state index contributed by atoms with van der Waals surface area (Å²) in [6.45, 7) is 11.4. The maximum absolute atomic E-state index is 12.0. The van der Waals surface area contributed by atoms with E-state index in [1.54, 1.807) is 6.92 Å². The van der Waals surface area contributed by atoms with E-state index in [1.165, 1.54) is 27.8 Å². The molecule has 3 aliphatic heterocycles. The predicted molar refractivity (Wildman–Crippen MR) is 154 cm³/mol. The summed E-state index contributed by atoms with van der Waals surface area (Å²) in [5.41, 5.74) is 3.09. The maximum Gasteiger partial charge on any atom is 0.345 e. The van der Waals surface area contributed by atoms with Gasteiger partial charge in [0.15, 0.2) is 5.78 Å². The third-order valence-corrected chi connectivity index (χ3v) is 6.81. The van der Waals surface area contributed by atoms with Gasteiger partial charge in [-0.1, -0.05) is 19.9 Å². The zero-order valence-corrected chi connectivity index (χ0v) is 24.5. The Labute approximate surface area is 241 Å². The molecule has 2 aromatic rings. The summed E-state index contributed by atoms with van der Waals surface area (Å²) < 4.78 is 7.54. The van der Waals surface area contributed by atoms with Gasteiger partial charge >= 0.3 is 5.97 Å². The molecular weight excluding hydrogens is 542 g/mol. The van der Waals surface area contributed by atoms with Crippen LogP contribution < -0.4 is 16.4 Å². The first-order valence-corrected chi connectivity index (χ1v) is 13.5. The topological polar surface area (TPSA) is 167 Å². The summed E-state index contributed by atoms with van der Waals surface area (Å²) >= 11 is 0. The number of amides is 1. The number of Topliss-reactive ketones (excluding diaryl/α,β-unsaturated/α-hetero) is 1. The van der Waals surface area contributed by atoms with Crippen LogP contribution in [-0.2, 0) is 27.2 Å². The number of nitrogens with zero attached hydrogens (tertiary/aromatic N) is 6. The van der Waals surface area contributed by atoms with Crippen molar-refractivity contribution < 1.29 is 19.1 Å². The summed E-state index contributed by atoms with van der Waals surface area (Å²) in [4.78, 5) is 65.3. The molecule has 1 aliphatic carbocycles. The largest absolute Gasteiger partial charge is 0.462 e. The maximum atomic E-state index is 12.0. The number of rotatable bonds is 2. The molecule has 42 heavy (non-hydrogen) atoms. The zero-order chi connectivity index (χ0) is 30.8. The van der Waals surface area contributed by atoms with Crippen molar-refractivity contribution in [3.63, 3.8) is 0 Å². The van der Waals surface area contributed by atoms with E-state index < -0.39 is 11.5 Å². The molecule has 0 fully saturated rings. The fourth-order valence-electron chi connectivity index (χ4n) is 4.90. The lowest BCUT2D eigenvalue weighted by Gasteiger charge is -2.35. The highest BCUT2D eigenvalue weighted by atomic mass is 16.5. The van der Waals surface area contributed by atoms with Gasteiger partial charge < -0.3 is 10.1 Å². The monoisotopic (exact) mass is 575 g/mol. The number of fused-ring (bicyclic) bond motifs is 2. The Morgan fingerprint density at radius 1 is 1.05 bits per heavy atom. The Morgan fingerprint density at radius 2 is 1.74 bits per heavy atom. The molecule has 13 heteroatoms. The van der Waals surface area contributed by atoms with Gasteiger partial charge in [-0.3, -0.25) is 19.2 Å². The second-order valence-corrected chi connectivity index (χ2v) is 10.9. The quantitative estimate of drug-likeness (QED) is 0.530. The second-order valence-electron chi connectivity index (χ2n) is 10.9. The number of carbonyl (C=O) groups is 3. The number of allylic oxidation sites excluding steroid dienone is 3. The van der Waals surface area contributed by atoms with Crippen molar-refractivity contribution in [2.45, 2.75) is 67.2 Å². The lowest BCUT2D eigenvalue weighted by Crippen LogP contribution is -2.41. The molecule has 0 radical (unpaired) electrons. The number of hydrogen-bond acceptors (Lipinski definition) is 10. The predicted octanol–water partition coefficient (Wildman–Crippen LogP) is 1.93. The zero-order valence-electron chi connectivity index (χ0n) is 24.5. The number of aromatic nitrogens is 4. The second kappa shape index (κ2) is 12.0. The molecule has 0 spiro atoms. The van der Waals surface area contributed by atoms with Gasteiger partial charge in [0.1, 0.15) is 17.2 Å². The molecule has 0 aromatic carbocycles. The third kappa shape index (κ3) is 6.40. The molecule has 0 unspecified atom stereocenters. The minimum Gasteiger partial charge on any atom is -0.462 e. The first kappa shape index (κ1) is 30.2. The lowest BCUT2D eigenvalue weighted by molar-refractivity contribution is -0.123. The van der Waals surface area contributed by atoms with Crippen molar-refractivity contribution in [2.75, 3.05) is 6.61 Å². The standard InChI is InChI=1S/C12H15NO2.C10H11N3O3.C7H7N3O/c1-7-4-5-8-10(11(7)15)12(2,3)6-9(14)13-8;1-3-16-10(15)7-5-13-8(11-9(7)14)4-6(2)12-13;1-5-4-6-8-3-2-7(11)10(6)9-5/h4H,5-6H2,1-3H3,(H,13,14);5H,3-4H2,1-2H3;2-3H,4H2,1H3. The van der Waals surface area contributed by atoms with Gasteiger partial charge in [-0.25, -0.2) is 14.5 Å². The third-order valence-electron chi connectivity index (χ3n) is 6.81. The molecule has 4 aliphatic rings. The summed E-state index contributed by atoms with van der Waals surface area (Å²) in [6.07, 6.45) is 7.06. The molecule has 6 rings (SSSR count). The van der Waals surface area contributed by atoms with Gasteiger partial charge in [0.2, 0.25) is 5.91 Å². The van der Waals surface area contributed by atoms with Gasteiger partial charge in [-0.2, -0.15) is 19.9 Å². The van der Waals surface area contributed by atoms with Crippen molar-refractivity contribution in [2.24, 2.45) is 15.6 Å². The van der Waals surface area contributed by atoms with Crippen molar-refractivity contribution in [1.82, 2.24) is 24.6 Å². The van der Waals surface area contributed by atoms with Crippen LogP contribution in [0.15, 0.2) is 61.2 Å². The van der Waals surface area contributed by atoms with E-state index >= 15 is 0 Å². The number of ether oxygens (including phenoxy) is 1. The van der Waals surface area contributed by atoms with E-state index in [0.29, 0.717) is 31.5 Å². The van der Waals surface area contributed by atoms with Crippen LogP contribution in [0.3, 0.4) is 0 Å². The normalized spacial score (nSPS) is 17.6. The number of ketones is 1. The number of esters is 1. The minimum absolute atomic E-state index is 0.0134. The SMILES string of the molecule is CC1=CCC2=C(C1=O)C(C)(C)CC(=O)N2.CC1=Nn2c(nccc2=O)C1.CCOC(=O)c1cn2c(nc1=O)CC(C)=N2. The van der Waals surface area contributed by atoms with Crippen LogP contribution in [0.5, 0.6) is 0 Å². The van der Waals surface area contributed by atoms with Crippen LogP contribution >= 0.6 is 0 Å². The van der Waals surface area contributed by atoms with Crippen LogP contribution in [0.1, 0.15) is 76.4 Å². The average Bonchev–Trinajstić information content (AvgIpc) is 3.47. The Hall–Kier alpha value is -4.81. The number of nitrogens with one attached hydrogen (secondary N) is 1. The first-order chi connectivity index (χ1) is 19.8. The summed E-state index contributed by atoms with van der Waals surface area (Å²) in [6, 6.07) is 1.41. The van der Waals surface area contributed by atoms with E-state index in [0.717, 1.165) is 34.1 Å². The fourth-order valence-corrected chi connectivity index (χ4v) is 4.90. The fraction of sp³-hybridized carbons (Fsp3) is 0.414. The van der Waals surface area contributed by atoms with Crippen LogP contribution in [0.2, 0.25) is 0 Å². The van der Waals surface area contributed by atoms with Crippen molar-refractivity contribution >= 4 is 29.1 Å². The Kier molecular flexibility index (Phi) is 8.59. The summed E-state index contributed by atoms with van der Waals surface area (Å²) in [7, 11) is 0. The first-order valence-electron chi connectivity index (χ1n) is 13.5. The molecule has 0 saturated carbocycles. The van der Waals surface area contributed by atoms with E-state index in [1.807, 2.05) is 40.7 Å². The summed E-state index contributed by atoms with van der Waals surface area (Å²) in [5.74, 6) is 0.723. The minimum atomic E-state index is -0.657. The molecule has 0 bridgehead atoms. The smallest absolute Gasteiger partial charge is 0.345 e. The van der Waals surface area contributed by atoms with Gasteiger partial charge in [0.05, 0.1) is 12.8 Å². The van der Waals surface area contributed by atoms with E-state index in [-0.39, 0.29) is 34.8 Å². The number of carbonyl (C=O) groups excluding carboxylic acids is 3. The van der Waals surface area contributed by atoms with Gasteiger partial charge in [0.25, 0.3) is 11.1 Å². The van der Waals surface area contributed by atoms with Crippen LogP contribution in [0.4, 0.5) is 0 Å². The van der Waals surface area contributed by atoms with Crippen molar-refractivity contribution in [3.05, 3.63) is 79.3 Å². The van der Waals surface area contributed by atoms with Crippen molar-refractivity contribution in [1.29, 1.82) is 0 Å².